The predicted octanol–water partition coefficient (Wildman–Crippen LogP) is 1.95. The summed E-state index contributed by atoms with van der Waals surface area (Å²) in [5, 5.41) is 0. The highest BCUT2D eigenvalue weighted by Crippen LogP contribution is 2.17. The molecule has 58 valence electrons. The Labute approximate surface area is 86.1 Å². The zero-order valence-corrected chi connectivity index (χ0v) is 6.25. The molecule has 1 aromatic carbocycles. The van der Waals surface area contributed by atoms with E-state index < -0.39 is 17.5 Å². The molecule has 0 aromatic heterocycles. The van der Waals surface area contributed by atoms with Gasteiger partial charge >= 0.3 is 23.1 Å². The van der Waals surface area contributed by atoms with E-state index in [0.717, 1.165) is 12.1 Å². The second-order valence-corrected chi connectivity index (χ2v) is 2.60. The van der Waals surface area contributed by atoms with Crippen molar-refractivity contribution in [1.82, 2.24) is 0 Å². The Kier molecular flexibility index (Phi) is 4.42. The normalized spacial score (nSPS) is 9.09. The summed E-state index contributed by atoms with van der Waals surface area (Å²) in [4.78, 5) is 0. The first kappa shape index (κ1) is 11.3. The molecule has 0 saturated carbocycles. The second kappa shape index (κ2) is 4.32. The summed E-state index contributed by atoms with van der Waals surface area (Å²) in [6, 6.07) is 1.72. The van der Waals surface area contributed by atoms with Crippen LogP contribution < -0.4 is 0 Å². The van der Waals surface area contributed by atoms with E-state index in [1.54, 1.807) is 0 Å². The molecule has 0 atom stereocenters. The van der Waals surface area contributed by atoms with Gasteiger partial charge in [-0.3, -0.25) is 0 Å². The Balaban J connectivity index is 0.000001000. The standard InChI is InChI=1S/C6H2BrF3.Mg.2H/c7-3-1-4(8)6(10)5(9)2-3;;;/h1-2H;;;. The average Bonchev–Trinajstić information content (AvgIpc) is 1.82. The Morgan fingerprint density at radius 1 is 1.00 bits per heavy atom. The molecule has 0 bridgehead atoms. The van der Waals surface area contributed by atoms with Crippen molar-refractivity contribution in [2.45, 2.75) is 0 Å². The lowest BCUT2D eigenvalue weighted by Gasteiger charge is -1.94. The van der Waals surface area contributed by atoms with Gasteiger partial charge in [-0.15, -0.1) is 0 Å². The van der Waals surface area contributed by atoms with Gasteiger partial charge in [0.2, 0.25) is 0 Å². The summed E-state index contributed by atoms with van der Waals surface area (Å²) in [5.74, 6) is -3.82. The van der Waals surface area contributed by atoms with Gasteiger partial charge in [-0.1, -0.05) is 15.9 Å². The molecule has 0 saturated heterocycles. The summed E-state index contributed by atoms with van der Waals surface area (Å²) in [6.07, 6.45) is 0. The third kappa shape index (κ3) is 2.65. The highest BCUT2D eigenvalue weighted by Gasteiger charge is 2.08. The lowest BCUT2D eigenvalue weighted by atomic mass is 10.3. The molecule has 0 spiro atoms. The maximum atomic E-state index is 12.2. The van der Waals surface area contributed by atoms with Crippen LogP contribution in [0, 0.1) is 17.5 Å². The summed E-state index contributed by atoms with van der Waals surface area (Å²) in [5.41, 5.74) is 0. The molecule has 0 nitrogen and oxygen atoms in total. The number of hydrogen-bond donors (Lipinski definition) is 0. The Morgan fingerprint density at radius 3 is 1.73 bits per heavy atom. The van der Waals surface area contributed by atoms with Crippen molar-refractivity contribution in [2.75, 3.05) is 0 Å². The first-order valence-corrected chi connectivity index (χ1v) is 3.20. The molecule has 0 unspecified atom stereocenters. The molecule has 11 heavy (non-hydrogen) atoms. The first-order chi connectivity index (χ1) is 4.61. The highest BCUT2D eigenvalue weighted by molar-refractivity contribution is 9.10. The quantitative estimate of drug-likeness (QED) is 0.367. The number of rotatable bonds is 0. The second-order valence-electron chi connectivity index (χ2n) is 1.68. The lowest BCUT2D eigenvalue weighted by Crippen LogP contribution is -1.88. The van der Waals surface area contributed by atoms with Crippen molar-refractivity contribution >= 4 is 39.0 Å². The molecular formula is C6H4BrF3Mg. The van der Waals surface area contributed by atoms with Crippen molar-refractivity contribution in [3.8, 4) is 0 Å². The van der Waals surface area contributed by atoms with E-state index in [4.69, 9.17) is 0 Å². The van der Waals surface area contributed by atoms with E-state index >= 15 is 0 Å². The highest BCUT2D eigenvalue weighted by atomic mass is 79.9. The zero-order valence-electron chi connectivity index (χ0n) is 4.67. The van der Waals surface area contributed by atoms with Crippen LogP contribution in [0.1, 0.15) is 0 Å². The molecule has 0 aliphatic carbocycles. The van der Waals surface area contributed by atoms with E-state index in [-0.39, 0.29) is 27.5 Å². The molecule has 1 rings (SSSR count). The van der Waals surface area contributed by atoms with Gasteiger partial charge in [-0.2, -0.15) is 0 Å². The van der Waals surface area contributed by atoms with Crippen LogP contribution in [0.4, 0.5) is 13.2 Å². The predicted molar refractivity (Wildman–Crippen MR) is 42.6 cm³/mol. The number of hydrogen-bond acceptors (Lipinski definition) is 0. The lowest BCUT2D eigenvalue weighted by molar-refractivity contribution is 0.446. The van der Waals surface area contributed by atoms with E-state index in [1.165, 1.54) is 0 Å². The van der Waals surface area contributed by atoms with Crippen LogP contribution in [0.2, 0.25) is 0 Å². The number of benzene rings is 1. The third-order valence-electron chi connectivity index (χ3n) is 0.949. The molecule has 0 aliphatic rings. The van der Waals surface area contributed by atoms with Crippen molar-refractivity contribution in [2.24, 2.45) is 0 Å². The molecule has 0 N–H and O–H groups in total. The Morgan fingerprint density at radius 2 is 1.36 bits per heavy atom. The maximum absolute atomic E-state index is 12.2. The minimum absolute atomic E-state index is 0. The molecule has 0 radical (unpaired) electrons. The van der Waals surface area contributed by atoms with Crippen LogP contribution in [0.15, 0.2) is 16.6 Å². The van der Waals surface area contributed by atoms with Crippen LogP contribution >= 0.6 is 15.9 Å². The zero-order chi connectivity index (χ0) is 7.72. The van der Waals surface area contributed by atoms with E-state index in [0.29, 0.717) is 0 Å². The van der Waals surface area contributed by atoms with Crippen LogP contribution in [0.5, 0.6) is 0 Å². The molecule has 1 aromatic rings. The van der Waals surface area contributed by atoms with Gasteiger partial charge in [-0.05, 0) is 12.1 Å². The van der Waals surface area contributed by atoms with Gasteiger partial charge in [0.05, 0.1) is 0 Å². The summed E-state index contributed by atoms with van der Waals surface area (Å²) >= 11 is 2.80. The minimum Gasteiger partial charge on any atom is -0.204 e. The molecule has 0 amide bonds. The van der Waals surface area contributed by atoms with Gasteiger partial charge < -0.3 is 0 Å². The van der Waals surface area contributed by atoms with Gasteiger partial charge in [0.25, 0.3) is 0 Å². The van der Waals surface area contributed by atoms with E-state index in [1.807, 2.05) is 0 Å². The van der Waals surface area contributed by atoms with Crippen LogP contribution in [0.25, 0.3) is 0 Å². The fourth-order valence-electron chi connectivity index (χ4n) is 0.525. The van der Waals surface area contributed by atoms with Crippen LogP contribution in [-0.4, -0.2) is 23.1 Å². The molecular weight excluding hydrogens is 233 g/mol. The fraction of sp³-hybridized carbons (Fsp3) is 0. The third-order valence-corrected chi connectivity index (χ3v) is 1.41. The van der Waals surface area contributed by atoms with E-state index in [9.17, 15) is 13.2 Å². The molecule has 0 heterocycles. The summed E-state index contributed by atoms with van der Waals surface area (Å²) < 4.78 is 36.7. The fourth-order valence-corrected chi connectivity index (χ4v) is 0.927. The maximum Gasteiger partial charge on any atom is 0.316 e. The van der Waals surface area contributed by atoms with Gasteiger partial charge in [-0.25, -0.2) is 13.2 Å². The molecule has 0 aliphatic heterocycles. The van der Waals surface area contributed by atoms with Crippen LogP contribution in [0.3, 0.4) is 0 Å². The molecule has 0 fully saturated rings. The summed E-state index contributed by atoms with van der Waals surface area (Å²) in [6.45, 7) is 0. The minimum atomic E-state index is -1.44. The number of halogens is 4. The Hall–Kier alpha value is 0.256. The van der Waals surface area contributed by atoms with Crippen molar-refractivity contribution in [1.29, 1.82) is 0 Å². The van der Waals surface area contributed by atoms with Crippen LogP contribution in [-0.2, 0) is 0 Å². The smallest absolute Gasteiger partial charge is 0.204 e. The molecule has 5 heteroatoms. The summed E-state index contributed by atoms with van der Waals surface area (Å²) in [7, 11) is 0. The van der Waals surface area contributed by atoms with Crippen molar-refractivity contribution in [3.63, 3.8) is 0 Å². The SMILES string of the molecule is Fc1cc(Br)cc(F)c1F.[MgH2]. The van der Waals surface area contributed by atoms with Gasteiger partial charge in [0, 0.05) is 4.47 Å². The average molecular weight is 237 g/mol. The Bertz CT molecular complexity index is 241. The topological polar surface area (TPSA) is 0 Å². The van der Waals surface area contributed by atoms with Crippen molar-refractivity contribution < 1.29 is 13.2 Å². The van der Waals surface area contributed by atoms with Crippen molar-refractivity contribution in [3.05, 3.63) is 34.1 Å². The largest absolute Gasteiger partial charge is 0.316 e. The first-order valence-electron chi connectivity index (χ1n) is 2.41. The van der Waals surface area contributed by atoms with Gasteiger partial charge in [0.1, 0.15) is 0 Å². The monoisotopic (exact) mass is 236 g/mol. The van der Waals surface area contributed by atoms with E-state index in [2.05, 4.69) is 15.9 Å². The van der Waals surface area contributed by atoms with Gasteiger partial charge in [0.15, 0.2) is 17.5 Å².